The van der Waals surface area contributed by atoms with Gasteiger partial charge in [0, 0.05) is 12.0 Å². The van der Waals surface area contributed by atoms with E-state index < -0.39 is 49.6 Å². The van der Waals surface area contributed by atoms with E-state index in [1.54, 1.807) is 26.8 Å². The summed E-state index contributed by atoms with van der Waals surface area (Å²) in [4.78, 5) is 4.63. The molecule has 256 valence electrons. The summed E-state index contributed by atoms with van der Waals surface area (Å²) in [7, 11) is -7.29. The summed E-state index contributed by atoms with van der Waals surface area (Å²) in [6, 6.07) is 6.58. The Labute approximate surface area is 283 Å². The monoisotopic (exact) mass is 748 g/mol. The Morgan fingerprint density at radius 1 is 1.22 bits per heavy atom. The molecule has 8 nitrogen and oxygen atoms in total. The normalized spacial score (nSPS) is 22.1. The minimum atomic E-state index is -3.38. The fourth-order valence-electron chi connectivity index (χ4n) is 5.80. The molecule has 0 radical (unpaired) electrons. The standard InChI is InChI=1S/C32H54BrFN4O4S2Si/c1-10-45(11-2,12-3)24-19-25(33)37-28(27(24)34)31(9,38-43(39)29(4,5)6)23-44(40,30(7,8)20-35)36-21-32(16-17-32)22-42-26-15-13-14-18-41-26/h19,26,38H,10-18,21-23H2,1-9H3. The summed E-state index contributed by atoms with van der Waals surface area (Å²) in [6.07, 6.45) is 4.46. The van der Waals surface area contributed by atoms with Crippen LogP contribution in [0.15, 0.2) is 15.0 Å². The maximum absolute atomic E-state index is 17.0. The van der Waals surface area contributed by atoms with Crippen molar-refractivity contribution in [2.45, 2.75) is 134 Å². The van der Waals surface area contributed by atoms with E-state index in [4.69, 9.17) is 13.8 Å². The van der Waals surface area contributed by atoms with Crippen molar-refractivity contribution in [3.05, 3.63) is 22.2 Å². The zero-order chi connectivity index (χ0) is 33.9. The molecule has 4 unspecified atom stereocenters. The van der Waals surface area contributed by atoms with Crippen molar-refractivity contribution < 1.29 is 22.3 Å². The molecule has 2 heterocycles. The third-order valence-electron chi connectivity index (χ3n) is 9.75. The van der Waals surface area contributed by atoms with Gasteiger partial charge in [0.15, 0.2) is 6.29 Å². The van der Waals surface area contributed by atoms with Crippen LogP contribution in [0.3, 0.4) is 0 Å². The van der Waals surface area contributed by atoms with Gasteiger partial charge in [-0.15, -0.1) is 0 Å². The highest BCUT2D eigenvalue weighted by molar-refractivity contribution is 9.10. The van der Waals surface area contributed by atoms with Crippen LogP contribution in [0.25, 0.3) is 0 Å². The van der Waals surface area contributed by atoms with Crippen LogP contribution in [-0.4, -0.2) is 62.8 Å². The molecule has 45 heavy (non-hydrogen) atoms. The Balaban J connectivity index is 2.14. The molecule has 1 aromatic rings. The number of hydrogen-bond acceptors (Lipinski definition) is 7. The average molecular weight is 750 g/mol. The number of nitriles is 1. The zero-order valence-electron chi connectivity index (χ0n) is 28.7. The largest absolute Gasteiger partial charge is 0.353 e. The molecule has 3 rings (SSSR count). The third kappa shape index (κ3) is 8.84. The highest BCUT2D eigenvalue weighted by Gasteiger charge is 2.48. The van der Waals surface area contributed by atoms with Crippen molar-refractivity contribution in [3.63, 3.8) is 0 Å². The molecule has 0 aromatic carbocycles. The lowest BCUT2D eigenvalue weighted by Crippen LogP contribution is -2.55. The summed E-state index contributed by atoms with van der Waals surface area (Å²) in [5.74, 6) is -0.698. The number of nitrogens with one attached hydrogen (secondary N) is 1. The highest BCUT2D eigenvalue weighted by Crippen LogP contribution is 2.47. The van der Waals surface area contributed by atoms with Gasteiger partial charge >= 0.3 is 0 Å². The molecule has 0 bridgehead atoms. The van der Waals surface area contributed by atoms with Gasteiger partial charge in [0.2, 0.25) is 0 Å². The van der Waals surface area contributed by atoms with Crippen LogP contribution in [0, 0.1) is 22.6 Å². The van der Waals surface area contributed by atoms with Crippen LogP contribution in [0.5, 0.6) is 0 Å². The second kappa shape index (κ2) is 14.8. The highest BCUT2D eigenvalue weighted by atomic mass is 79.9. The van der Waals surface area contributed by atoms with E-state index in [1.165, 1.54) is 0 Å². The third-order valence-corrected chi connectivity index (χ3v) is 20.7. The van der Waals surface area contributed by atoms with Crippen molar-refractivity contribution in [2.24, 2.45) is 9.78 Å². The first kappa shape index (κ1) is 38.7. The first-order valence-electron chi connectivity index (χ1n) is 16.3. The van der Waals surface area contributed by atoms with Gasteiger partial charge in [-0.2, -0.15) is 5.26 Å². The van der Waals surface area contributed by atoms with Gasteiger partial charge in [0.05, 0.1) is 69.7 Å². The topological polar surface area (TPSA) is 114 Å². The van der Waals surface area contributed by atoms with E-state index in [0.717, 1.165) is 50.2 Å². The fourth-order valence-corrected chi connectivity index (χ4v) is 13.5. The zero-order valence-corrected chi connectivity index (χ0v) is 32.9. The van der Waals surface area contributed by atoms with Crippen LogP contribution >= 0.6 is 15.9 Å². The van der Waals surface area contributed by atoms with Gasteiger partial charge in [-0.05, 0) is 101 Å². The number of halogens is 2. The maximum atomic E-state index is 17.0. The Morgan fingerprint density at radius 3 is 2.33 bits per heavy atom. The maximum Gasteiger partial charge on any atom is 0.157 e. The molecule has 0 spiro atoms. The van der Waals surface area contributed by atoms with E-state index >= 15 is 8.60 Å². The van der Waals surface area contributed by atoms with Gasteiger partial charge in [0.1, 0.15) is 15.2 Å². The fraction of sp³-hybridized carbons (Fsp3) is 0.812. The van der Waals surface area contributed by atoms with E-state index in [9.17, 15) is 9.47 Å². The molecule has 1 saturated carbocycles. The van der Waals surface area contributed by atoms with E-state index in [-0.39, 0.29) is 29.7 Å². The van der Waals surface area contributed by atoms with Crippen LogP contribution in [-0.2, 0) is 35.7 Å². The first-order valence-corrected chi connectivity index (χ1v) is 22.5. The van der Waals surface area contributed by atoms with Gasteiger partial charge in [-0.25, -0.2) is 26.9 Å². The van der Waals surface area contributed by atoms with E-state index in [2.05, 4.69) is 52.5 Å². The predicted octanol–water partition coefficient (Wildman–Crippen LogP) is 7.06. The molecule has 1 aliphatic heterocycles. The molecule has 4 atom stereocenters. The summed E-state index contributed by atoms with van der Waals surface area (Å²) in [6.45, 7) is 18.1. The Hall–Kier alpha value is -0.753. The average Bonchev–Trinajstić information content (AvgIpc) is 3.77. The van der Waals surface area contributed by atoms with Gasteiger partial charge < -0.3 is 9.47 Å². The van der Waals surface area contributed by atoms with Crippen LogP contribution < -0.4 is 9.91 Å². The summed E-state index contributed by atoms with van der Waals surface area (Å²) < 4.78 is 64.0. The van der Waals surface area contributed by atoms with Crippen molar-refractivity contribution in [1.29, 1.82) is 5.26 Å². The number of ether oxygens (including phenoxy) is 2. The van der Waals surface area contributed by atoms with E-state index in [0.29, 0.717) is 23.0 Å². The van der Waals surface area contributed by atoms with Gasteiger partial charge in [-0.1, -0.05) is 38.9 Å². The SMILES string of the molecule is CC[Si](CC)(CC)c1cc(Br)nc(C(C)(CS(=O)(=NCC2(COC3CCCCO3)CC2)C(C)(C)C#N)NS(=O)C(C)(C)C)c1F. The molecule has 1 aliphatic carbocycles. The molecule has 1 N–H and O–H groups in total. The van der Waals surface area contributed by atoms with Gasteiger partial charge in [0.25, 0.3) is 0 Å². The Morgan fingerprint density at radius 2 is 1.84 bits per heavy atom. The van der Waals surface area contributed by atoms with Crippen LogP contribution in [0.4, 0.5) is 4.39 Å². The number of rotatable bonds is 15. The lowest BCUT2D eigenvalue weighted by atomic mass is 10.0. The molecular formula is C32H54BrFN4O4S2Si. The van der Waals surface area contributed by atoms with Crippen molar-refractivity contribution in [3.8, 4) is 6.07 Å². The quantitative estimate of drug-likeness (QED) is 0.152. The molecule has 0 amide bonds. The second-order valence-corrected chi connectivity index (χ2v) is 25.5. The number of nitrogens with zero attached hydrogens (tertiary/aromatic N) is 3. The minimum Gasteiger partial charge on any atom is -0.353 e. The van der Waals surface area contributed by atoms with Crippen LogP contribution in [0.2, 0.25) is 18.1 Å². The molecule has 2 fully saturated rings. The van der Waals surface area contributed by atoms with Gasteiger partial charge in [-0.3, -0.25) is 0 Å². The minimum absolute atomic E-state index is 0.0484. The molecular weight excluding hydrogens is 695 g/mol. The van der Waals surface area contributed by atoms with Crippen molar-refractivity contribution in [2.75, 3.05) is 25.5 Å². The predicted molar refractivity (Wildman–Crippen MR) is 188 cm³/mol. The smallest absolute Gasteiger partial charge is 0.157 e. The number of pyridine rings is 1. The summed E-state index contributed by atoms with van der Waals surface area (Å²) in [5.41, 5.74) is -1.70. The van der Waals surface area contributed by atoms with E-state index in [1.807, 2.05) is 20.8 Å². The Bertz CT molecular complexity index is 1380. The second-order valence-electron chi connectivity index (χ2n) is 14.6. The molecule has 2 aliphatic rings. The number of aromatic nitrogens is 1. The lowest BCUT2D eigenvalue weighted by molar-refractivity contribution is -0.170. The number of hydrogen-bond donors (Lipinski definition) is 1. The van der Waals surface area contributed by atoms with Crippen LogP contribution in [0.1, 0.15) is 100 Å². The summed E-state index contributed by atoms with van der Waals surface area (Å²) >= 11 is 3.54. The van der Waals surface area contributed by atoms with Crippen molar-refractivity contribution >= 4 is 49.9 Å². The molecule has 1 saturated heterocycles. The first-order chi connectivity index (χ1) is 20.9. The summed E-state index contributed by atoms with van der Waals surface area (Å²) in [5, 5.41) is 10.9. The lowest BCUT2D eigenvalue weighted by Gasteiger charge is -2.38. The van der Waals surface area contributed by atoms with Crippen molar-refractivity contribution in [1.82, 2.24) is 9.71 Å². The Kier molecular flexibility index (Phi) is 12.7. The molecule has 13 heteroatoms. The molecule has 1 aromatic heterocycles.